The topological polar surface area (TPSA) is 0 Å². The zero-order valence-corrected chi connectivity index (χ0v) is 23.2. The minimum Gasteiger partial charge on any atom is -0.0924 e. The number of hydrogen-bond donors (Lipinski definition) is 0. The summed E-state index contributed by atoms with van der Waals surface area (Å²) in [6.07, 6.45) is 9.11. The second kappa shape index (κ2) is 8.42. The van der Waals surface area contributed by atoms with Crippen molar-refractivity contribution >= 4 is 15.8 Å². The highest BCUT2D eigenvalue weighted by molar-refractivity contribution is 7.62. The Morgan fingerprint density at radius 1 is 0.536 bits per heavy atom. The maximum absolute atomic E-state index is 2.54. The largest absolute Gasteiger partial charge is 0.0924 e. The summed E-state index contributed by atoms with van der Waals surface area (Å²) in [5, 5.41) is 1.90. The van der Waals surface area contributed by atoms with Gasteiger partial charge in [-0.05, 0) is 75.9 Å². The molecule has 4 atom stereocenters. The van der Waals surface area contributed by atoms with Gasteiger partial charge in [0.1, 0.15) is 0 Å². The molecule has 0 radical (unpaired) electrons. The number of rotatable bonds is 3. The summed E-state index contributed by atoms with van der Waals surface area (Å²) in [6.45, 7) is 30.4. The second-order valence-corrected chi connectivity index (χ2v) is 22.1. The molecule has 0 heterocycles. The lowest BCUT2D eigenvalue weighted by molar-refractivity contribution is 0.348. The van der Waals surface area contributed by atoms with E-state index in [9.17, 15) is 0 Å². The quantitative estimate of drug-likeness (QED) is 0.394. The van der Waals surface area contributed by atoms with Gasteiger partial charge < -0.3 is 0 Å². The Labute approximate surface area is 181 Å². The van der Waals surface area contributed by atoms with Crippen LogP contribution in [0.15, 0.2) is 0 Å². The van der Waals surface area contributed by atoms with E-state index in [0.717, 1.165) is 23.2 Å². The predicted octanol–water partition coefficient (Wildman–Crippen LogP) is 9.48. The standard InChI is InChI=1S/C26H52P2/c1-23(2,3)27(24(4,5)6)20-17-16-19(18-20)21-14-13-15-22(21)28(25(7,8)9)26(10,11)12/h19-22H,13-18H2,1-12H3. The van der Waals surface area contributed by atoms with Crippen molar-refractivity contribution < 1.29 is 0 Å². The monoisotopic (exact) mass is 426 g/mol. The molecule has 2 fully saturated rings. The molecule has 2 saturated carbocycles. The highest BCUT2D eigenvalue weighted by atomic mass is 31.1. The van der Waals surface area contributed by atoms with E-state index in [1.54, 1.807) is 6.42 Å². The average Bonchev–Trinajstić information content (AvgIpc) is 3.00. The van der Waals surface area contributed by atoms with E-state index in [-0.39, 0.29) is 15.8 Å². The first-order valence-corrected chi connectivity index (χ1v) is 14.8. The van der Waals surface area contributed by atoms with Gasteiger partial charge in [-0.15, -0.1) is 0 Å². The van der Waals surface area contributed by atoms with E-state index in [4.69, 9.17) is 0 Å². The van der Waals surface area contributed by atoms with Gasteiger partial charge in [0.2, 0.25) is 0 Å². The van der Waals surface area contributed by atoms with E-state index in [0.29, 0.717) is 20.6 Å². The Hall–Kier alpha value is 0.860. The van der Waals surface area contributed by atoms with E-state index in [1.165, 1.54) is 32.1 Å². The van der Waals surface area contributed by atoms with Crippen LogP contribution in [0.2, 0.25) is 0 Å². The van der Waals surface area contributed by atoms with Crippen molar-refractivity contribution in [3.63, 3.8) is 0 Å². The van der Waals surface area contributed by atoms with Crippen LogP contribution in [0.4, 0.5) is 0 Å². The van der Waals surface area contributed by atoms with Crippen molar-refractivity contribution in [3.8, 4) is 0 Å². The Morgan fingerprint density at radius 3 is 1.43 bits per heavy atom. The van der Waals surface area contributed by atoms with E-state index in [1.807, 2.05) is 0 Å². The van der Waals surface area contributed by atoms with Crippen LogP contribution in [0, 0.1) is 11.8 Å². The first kappa shape index (κ1) is 25.1. The molecule has 0 aliphatic heterocycles. The van der Waals surface area contributed by atoms with Crippen LogP contribution in [0.25, 0.3) is 0 Å². The van der Waals surface area contributed by atoms with Crippen molar-refractivity contribution in [1.29, 1.82) is 0 Å². The zero-order valence-electron chi connectivity index (χ0n) is 21.4. The molecule has 0 bridgehead atoms. The van der Waals surface area contributed by atoms with Crippen molar-refractivity contribution in [3.05, 3.63) is 0 Å². The van der Waals surface area contributed by atoms with Gasteiger partial charge >= 0.3 is 0 Å². The van der Waals surface area contributed by atoms with Crippen molar-refractivity contribution in [2.75, 3.05) is 0 Å². The van der Waals surface area contributed by atoms with Crippen LogP contribution in [0.5, 0.6) is 0 Å². The first-order chi connectivity index (χ1) is 12.4. The second-order valence-electron chi connectivity index (χ2n) is 13.8. The molecule has 0 spiro atoms. The molecule has 0 amide bonds. The molecule has 0 aromatic rings. The highest BCUT2D eigenvalue weighted by Crippen LogP contribution is 2.70. The van der Waals surface area contributed by atoms with Gasteiger partial charge in [0, 0.05) is 0 Å². The molecule has 0 saturated heterocycles. The highest BCUT2D eigenvalue weighted by Gasteiger charge is 2.49. The van der Waals surface area contributed by atoms with Crippen LogP contribution >= 0.6 is 15.8 Å². The van der Waals surface area contributed by atoms with E-state index in [2.05, 4.69) is 83.1 Å². The van der Waals surface area contributed by atoms with Crippen LogP contribution in [-0.2, 0) is 0 Å². The predicted molar refractivity (Wildman–Crippen MR) is 135 cm³/mol. The lowest BCUT2D eigenvalue weighted by atomic mass is 9.89. The lowest BCUT2D eigenvalue weighted by Crippen LogP contribution is -2.35. The maximum Gasteiger partial charge on any atom is -0.0169 e. The summed E-state index contributed by atoms with van der Waals surface area (Å²) in [4.78, 5) is 0. The molecule has 0 aromatic heterocycles. The average molecular weight is 427 g/mol. The Kier molecular flexibility index (Phi) is 7.55. The van der Waals surface area contributed by atoms with Crippen molar-refractivity contribution in [1.82, 2.24) is 0 Å². The van der Waals surface area contributed by atoms with Crippen LogP contribution < -0.4 is 0 Å². The number of hydrogen-bond acceptors (Lipinski definition) is 0. The third kappa shape index (κ3) is 5.76. The van der Waals surface area contributed by atoms with Gasteiger partial charge in [0.05, 0.1) is 0 Å². The summed E-state index contributed by atoms with van der Waals surface area (Å²) in [7, 11) is 0.0769. The fourth-order valence-electron chi connectivity index (χ4n) is 7.56. The smallest absolute Gasteiger partial charge is 0.0169 e. The molecule has 28 heavy (non-hydrogen) atoms. The zero-order chi connectivity index (χ0) is 21.7. The Bertz CT molecular complexity index is 481. The lowest BCUT2D eigenvalue weighted by Gasteiger charge is -2.48. The molecule has 4 unspecified atom stereocenters. The fraction of sp³-hybridized carbons (Fsp3) is 1.00. The molecular formula is C26H52P2. The van der Waals surface area contributed by atoms with Crippen LogP contribution in [0.3, 0.4) is 0 Å². The summed E-state index contributed by atoms with van der Waals surface area (Å²) >= 11 is 0. The fourth-order valence-corrected chi connectivity index (χ4v) is 17.9. The Morgan fingerprint density at radius 2 is 1.00 bits per heavy atom. The molecule has 0 nitrogen and oxygen atoms in total. The molecular weight excluding hydrogens is 374 g/mol. The summed E-state index contributed by atoms with van der Waals surface area (Å²) in [6, 6.07) is 0. The van der Waals surface area contributed by atoms with Gasteiger partial charge in [-0.3, -0.25) is 0 Å². The van der Waals surface area contributed by atoms with Crippen molar-refractivity contribution in [2.45, 2.75) is 154 Å². The summed E-state index contributed by atoms with van der Waals surface area (Å²) in [5.41, 5.74) is 2.01. The minimum absolute atomic E-state index is 0.0312. The summed E-state index contributed by atoms with van der Waals surface area (Å²) < 4.78 is 0. The molecule has 166 valence electrons. The third-order valence-electron chi connectivity index (χ3n) is 7.17. The van der Waals surface area contributed by atoms with Gasteiger partial charge in [-0.25, -0.2) is 0 Å². The van der Waals surface area contributed by atoms with Gasteiger partial charge in [-0.1, -0.05) is 105 Å². The van der Waals surface area contributed by atoms with Gasteiger partial charge in [0.15, 0.2) is 0 Å². The summed E-state index contributed by atoms with van der Waals surface area (Å²) in [5.74, 6) is 2.04. The molecule has 2 heteroatoms. The van der Waals surface area contributed by atoms with Crippen LogP contribution in [-0.4, -0.2) is 31.9 Å². The van der Waals surface area contributed by atoms with Gasteiger partial charge in [-0.2, -0.15) is 0 Å². The SMILES string of the molecule is CC(C)(C)P(C1CCC(C2CCCC2P(C(C)(C)C)C(C)(C)C)C1)C(C)(C)C. The minimum atomic E-state index is 0.0312. The first-order valence-electron chi connectivity index (χ1n) is 12.0. The molecule has 0 aromatic carbocycles. The van der Waals surface area contributed by atoms with Gasteiger partial charge in [0.25, 0.3) is 0 Å². The van der Waals surface area contributed by atoms with Crippen LogP contribution in [0.1, 0.15) is 122 Å². The molecule has 2 aliphatic carbocycles. The third-order valence-corrected chi connectivity index (χ3v) is 15.5. The maximum atomic E-state index is 2.54. The van der Waals surface area contributed by atoms with E-state index >= 15 is 0 Å². The normalized spacial score (nSPS) is 30.6. The van der Waals surface area contributed by atoms with E-state index < -0.39 is 0 Å². The Balaban J connectivity index is 2.22. The van der Waals surface area contributed by atoms with Crippen molar-refractivity contribution in [2.24, 2.45) is 11.8 Å². The molecule has 2 rings (SSSR count). The molecule has 2 aliphatic rings. The molecule has 0 N–H and O–H groups in total.